The molecular formula is C17H18N6O2. The zero-order chi connectivity index (χ0) is 17.4. The normalized spacial score (nSPS) is 16.9. The topological polar surface area (TPSA) is 89.9 Å². The van der Waals surface area contributed by atoms with Gasteiger partial charge in [0.05, 0.1) is 11.8 Å². The molecule has 4 heterocycles. The molecule has 1 amide bonds. The minimum absolute atomic E-state index is 0.0655. The van der Waals surface area contributed by atoms with Crippen LogP contribution in [0, 0.1) is 0 Å². The molecule has 0 saturated carbocycles. The SMILES string of the molecule is CC(C)n1cc(C(=O)N2CCC2c2nc(-c3cccnc3)no2)cn1. The Morgan fingerprint density at radius 1 is 1.36 bits per heavy atom. The third-order valence-electron chi connectivity index (χ3n) is 4.30. The summed E-state index contributed by atoms with van der Waals surface area (Å²) in [5.74, 6) is 0.869. The van der Waals surface area contributed by atoms with Gasteiger partial charge in [-0.1, -0.05) is 5.16 Å². The Bertz CT molecular complexity index is 885. The minimum atomic E-state index is -0.187. The zero-order valence-electron chi connectivity index (χ0n) is 14.0. The van der Waals surface area contributed by atoms with E-state index in [2.05, 4.69) is 20.2 Å². The molecule has 128 valence electrons. The van der Waals surface area contributed by atoms with Gasteiger partial charge in [0.25, 0.3) is 5.91 Å². The summed E-state index contributed by atoms with van der Waals surface area (Å²) in [6.07, 6.45) is 7.55. The Hall–Kier alpha value is -3.03. The van der Waals surface area contributed by atoms with Gasteiger partial charge in [-0.05, 0) is 32.4 Å². The van der Waals surface area contributed by atoms with Crippen LogP contribution >= 0.6 is 0 Å². The summed E-state index contributed by atoms with van der Waals surface area (Å²) in [4.78, 5) is 22.9. The highest BCUT2D eigenvalue weighted by Gasteiger charge is 2.38. The van der Waals surface area contributed by atoms with E-state index in [-0.39, 0.29) is 18.0 Å². The number of hydrogen-bond donors (Lipinski definition) is 0. The molecule has 8 heteroatoms. The predicted octanol–water partition coefficient (Wildman–Crippen LogP) is 2.50. The van der Waals surface area contributed by atoms with Crippen LogP contribution < -0.4 is 0 Å². The second-order valence-electron chi connectivity index (χ2n) is 6.30. The number of carbonyl (C=O) groups excluding carboxylic acids is 1. The van der Waals surface area contributed by atoms with Crippen molar-refractivity contribution in [1.29, 1.82) is 0 Å². The van der Waals surface area contributed by atoms with E-state index in [9.17, 15) is 4.79 Å². The maximum absolute atomic E-state index is 12.7. The van der Waals surface area contributed by atoms with Gasteiger partial charge in [0.1, 0.15) is 6.04 Å². The van der Waals surface area contributed by atoms with Gasteiger partial charge in [-0.3, -0.25) is 14.5 Å². The van der Waals surface area contributed by atoms with Gasteiger partial charge >= 0.3 is 0 Å². The molecule has 0 aliphatic carbocycles. The second kappa shape index (κ2) is 6.12. The molecule has 0 radical (unpaired) electrons. The highest BCUT2D eigenvalue weighted by molar-refractivity contribution is 5.94. The van der Waals surface area contributed by atoms with E-state index < -0.39 is 0 Å². The lowest BCUT2D eigenvalue weighted by atomic mass is 10.0. The number of amides is 1. The van der Waals surface area contributed by atoms with Crippen molar-refractivity contribution in [2.75, 3.05) is 6.54 Å². The molecule has 0 aromatic carbocycles. The van der Waals surface area contributed by atoms with E-state index in [1.165, 1.54) is 0 Å². The van der Waals surface area contributed by atoms with E-state index in [0.29, 0.717) is 23.8 Å². The Labute approximate surface area is 144 Å². The number of carbonyl (C=O) groups is 1. The van der Waals surface area contributed by atoms with Crippen molar-refractivity contribution in [3.05, 3.63) is 48.4 Å². The molecule has 1 aliphatic heterocycles. The molecule has 3 aromatic rings. The quantitative estimate of drug-likeness (QED) is 0.726. The molecule has 1 atom stereocenters. The summed E-state index contributed by atoms with van der Waals surface area (Å²) < 4.78 is 7.15. The number of rotatable bonds is 4. The van der Waals surface area contributed by atoms with Gasteiger partial charge in [0, 0.05) is 36.7 Å². The number of likely N-dealkylation sites (tertiary alicyclic amines) is 1. The number of pyridine rings is 1. The first-order valence-corrected chi connectivity index (χ1v) is 8.22. The maximum atomic E-state index is 12.7. The molecule has 1 aliphatic rings. The standard InChI is InChI=1S/C17H18N6O2/c1-11(2)23-10-13(9-19-23)17(24)22-7-5-14(22)16-20-15(21-25-16)12-4-3-6-18-8-12/h3-4,6,8-11,14H,5,7H2,1-2H3. The van der Waals surface area contributed by atoms with Crippen LogP contribution in [-0.2, 0) is 0 Å². The van der Waals surface area contributed by atoms with Crippen LogP contribution in [0.25, 0.3) is 11.4 Å². The molecular weight excluding hydrogens is 320 g/mol. The zero-order valence-corrected chi connectivity index (χ0v) is 14.0. The Morgan fingerprint density at radius 3 is 2.88 bits per heavy atom. The Kier molecular flexibility index (Phi) is 3.79. The Morgan fingerprint density at radius 2 is 2.24 bits per heavy atom. The van der Waals surface area contributed by atoms with Crippen LogP contribution in [0.3, 0.4) is 0 Å². The summed E-state index contributed by atoms with van der Waals surface area (Å²) in [5, 5.41) is 8.23. The third kappa shape index (κ3) is 2.79. The lowest BCUT2D eigenvalue weighted by Gasteiger charge is -2.38. The minimum Gasteiger partial charge on any atom is -0.337 e. The third-order valence-corrected chi connectivity index (χ3v) is 4.30. The van der Waals surface area contributed by atoms with Crippen molar-refractivity contribution in [3.63, 3.8) is 0 Å². The maximum Gasteiger partial charge on any atom is 0.257 e. The van der Waals surface area contributed by atoms with Crippen molar-refractivity contribution < 1.29 is 9.32 Å². The fraction of sp³-hybridized carbons (Fsp3) is 0.353. The van der Waals surface area contributed by atoms with Crippen molar-refractivity contribution in [1.82, 2.24) is 29.8 Å². The summed E-state index contributed by atoms with van der Waals surface area (Å²) in [7, 11) is 0. The summed E-state index contributed by atoms with van der Waals surface area (Å²) in [5.41, 5.74) is 1.36. The average molecular weight is 338 g/mol. The molecule has 0 spiro atoms. The van der Waals surface area contributed by atoms with E-state index in [0.717, 1.165) is 12.0 Å². The van der Waals surface area contributed by atoms with E-state index >= 15 is 0 Å². The Balaban J connectivity index is 1.52. The number of hydrogen-bond acceptors (Lipinski definition) is 6. The largest absolute Gasteiger partial charge is 0.337 e. The first-order valence-electron chi connectivity index (χ1n) is 8.22. The molecule has 1 fully saturated rings. The average Bonchev–Trinajstić information content (AvgIpc) is 3.24. The van der Waals surface area contributed by atoms with E-state index in [1.807, 2.05) is 26.0 Å². The number of aromatic nitrogens is 5. The number of nitrogens with zero attached hydrogens (tertiary/aromatic N) is 6. The monoisotopic (exact) mass is 338 g/mol. The first kappa shape index (κ1) is 15.5. The van der Waals surface area contributed by atoms with Crippen LogP contribution in [0.15, 0.2) is 41.4 Å². The van der Waals surface area contributed by atoms with Gasteiger partial charge in [-0.2, -0.15) is 10.1 Å². The lowest BCUT2D eigenvalue weighted by molar-refractivity contribution is 0.0378. The molecule has 0 N–H and O–H groups in total. The van der Waals surface area contributed by atoms with Crippen molar-refractivity contribution in [3.8, 4) is 11.4 Å². The highest BCUT2D eigenvalue weighted by atomic mass is 16.5. The van der Waals surface area contributed by atoms with Crippen LogP contribution in [0.4, 0.5) is 0 Å². The fourth-order valence-electron chi connectivity index (χ4n) is 2.77. The predicted molar refractivity (Wildman–Crippen MR) is 88.5 cm³/mol. The van der Waals surface area contributed by atoms with Crippen molar-refractivity contribution in [2.24, 2.45) is 0 Å². The molecule has 8 nitrogen and oxygen atoms in total. The van der Waals surface area contributed by atoms with Gasteiger partial charge in [0.15, 0.2) is 0 Å². The summed E-state index contributed by atoms with van der Waals surface area (Å²) in [6.45, 7) is 4.71. The smallest absolute Gasteiger partial charge is 0.257 e. The molecule has 1 saturated heterocycles. The van der Waals surface area contributed by atoms with Crippen LogP contribution in [0.1, 0.15) is 48.6 Å². The van der Waals surface area contributed by atoms with Gasteiger partial charge in [0.2, 0.25) is 11.7 Å². The lowest BCUT2D eigenvalue weighted by Crippen LogP contribution is -2.45. The van der Waals surface area contributed by atoms with Gasteiger partial charge < -0.3 is 9.42 Å². The van der Waals surface area contributed by atoms with E-state index in [4.69, 9.17) is 4.52 Å². The summed E-state index contributed by atoms with van der Waals surface area (Å²) in [6, 6.07) is 3.71. The highest BCUT2D eigenvalue weighted by Crippen LogP contribution is 2.34. The first-order chi connectivity index (χ1) is 12.1. The van der Waals surface area contributed by atoms with Gasteiger partial charge in [-0.15, -0.1) is 0 Å². The molecule has 25 heavy (non-hydrogen) atoms. The van der Waals surface area contributed by atoms with Crippen LogP contribution in [-0.4, -0.2) is 42.3 Å². The second-order valence-corrected chi connectivity index (χ2v) is 6.30. The van der Waals surface area contributed by atoms with Crippen molar-refractivity contribution >= 4 is 5.91 Å². The molecule has 4 rings (SSSR count). The molecule has 0 bridgehead atoms. The van der Waals surface area contributed by atoms with Crippen molar-refractivity contribution in [2.45, 2.75) is 32.4 Å². The van der Waals surface area contributed by atoms with Gasteiger partial charge in [-0.25, -0.2) is 0 Å². The molecule has 3 aromatic heterocycles. The summed E-state index contributed by atoms with van der Waals surface area (Å²) >= 11 is 0. The van der Waals surface area contributed by atoms with Crippen LogP contribution in [0.2, 0.25) is 0 Å². The van der Waals surface area contributed by atoms with E-state index in [1.54, 1.807) is 34.4 Å². The molecule has 1 unspecified atom stereocenters. The fourth-order valence-corrected chi connectivity index (χ4v) is 2.77. The van der Waals surface area contributed by atoms with Crippen LogP contribution in [0.5, 0.6) is 0 Å².